The quantitative estimate of drug-likeness (QED) is 0.326. The molecule has 3 amide bonds. The van der Waals surface area contributed by atoms with E-state index < -0.39 is 41.1 Å². The highest BCUT2D eigenvalue weighted by molar-refractivity contribution is 8.02. The molecule has 0 unspecified atom stereocenters. The Bertz CT molecular complexity index is 905. The average Bonchev–Trinajstić information content (AvgIpc) is 2.96. The van der Waals surface area contributed by atoms with Crippen LogP contribution in [-0.4, -0.2) is 58.1 Å². The molecule has 0 spiro atoms. The first-order valence-corrected chi connectivity index (χ1v) is 9.77. The molecular formula is C20H18N2O5S. The molecule has 0 aliphatic carbocycles. The molecule has 1 saturated heterocycles. The van der Waals surface area contributed by atoms with Crippen LogP contribution in [-0.2, 0) is 14.3 Å². The molecule has 4 rings (SSSR count). The van der Waals surface area contributed by atoms with Crippen molar-refractivity contribution in [1.82, 2.24) is 9.80 Å². The Hall–Kier alpha value is -2.87. The summed E-state index contributed by atoms with van der Waals surface area (Å²) in [5.74, 6) is -1.91. The lowest BCUT2D eigenvalue weighted by molar-refractivity contribution is -0.163. The molecule has 144 valence electrons. The number of imide groups is 1. The first kappa shape index (κ1) is 18.5. The topological polar surface area (TPSA) is 84.0 Å². The molecule has 7 nitrogen and oxygen atoms in total. The Morgan fingerprint density at radius 2 is 1.86 bits per heavy atom. The van der Waals surface area contributed by atoms with Crippen LogP contribution >= 0.6 is 11.8 Å². The number of allylic oxidation sites excluding steroid dienone is 1. The molecule has 3 atom stereocenters. The van der Waals surface area contributed by atoms with Crippen LogP contribution in [0.25, 0.3) is 0 Å². The first-order valence-electron chi connectivity index (χ1n) is 8.83. The van der Waals surface area contributed by atoms with Crippen molar-refractivity contribution < 1.29 is 23.9 Å². The second-order valence-electron chi connectivity index (χ2n) is 6.69. The summed E-state index contributed by atoms with van der Waals surface area (Å²) in [4.78, 5) is 53.3. The Labute approximate surface area is 166 Å². The standard InChI is InChI=1S/C20H18N2O5S/c1-3-4-7-11-10-28-19-15(18(25)22(19)14(11)20(26)27-2)21-16(23)12-8-5-6-9-13(12)17(21)24/h3,5-6,8-10,14-15,19H,1,4,7H2,2H3/t14-,15-,19-/m1/s1. The second-order valence-corrected chi connectivity index (χ2v) is 7.68. The Morgan fingerprint density at radius 1 is 1.21 bits per heavy atom. The summed E-state index contributed by atoms with van der Waals surface area (Å²) in [7, 11) is 1.27. The van der Waals surface area contributed by atoms with E-state index in [1.165, 1.54) is 23.8 Å². The minimum Gasteiger partial charge on any atom is -0.467 e. The van der Waals surface area contributed by atoms with Crippen molar-refractivity contribution in [3.8, 4) is 0 Å². The number of methoxy groups -OCH3 is 1. The van der Waals surface area contributed by atoms with Gasteiger partial charge in [-0.25, -0.2) is 4.79 Å². The van der Waals surface area contributed by atoms with Gasteiger partial charge in [0.25, 0.3) is 17.7 Å². The molecule has 0 radical (unpaired) electrons. The van der Waals surface area contributed by atoms with Gasteiger partial charge >= 0.3 is 5.97 Å². The molecule has 0 N–H and O–H groups in total. The molecule has 3 aliphatic heterocycles. The SMILES string of the molecule is C=CCCC1=CS[C@@H]2[C@H](N3C(=O)c4ccccc4C3=O)C(=O)N2[C@H]1C(=O)OC. The number of hydrogen-bond acceptors (Lipinski definition) is 6. The number of hydrogen-bond donors (Lipinski definition) is 0. The van der Waals surface area contributed by atoms with Crippen molar-refractivity contribution >= 4 is 35.5 Å². The van der Waals surface area contributed by atoms with Crippen LogP contribution in [0.2, 0.25) is 0 Å². The molecule has 3 aliphatic rings. The van der Waals surface area contributed by atoms with Gasteiger partial charge in [0.05, 0.1) is 18.2 Å². The van der Waals surface area contributed by atoms with Gasteiger partial charge in [-0.2, -0.15) is 0 Å². The maximum Gasteiger partial charge on any atom is 0.333 e. The molecule has 8 heteroatoms. The van der Waals surface area contributed by atoms with Crippen LogP contribution in [0, 0.1) is 0 Å². The number of carbonyl (C=O) groups is 4. The van der Waals surface area contributed by atoms with E-state index in [2.05, 4.69) is 6.58 Å². The average molecular weight is 398 g/mol. The van der Waals surface area contributed by atoms with Crippen molar-refractivity contribution in [2.75, 3.05) is 7.11 Å². The minimum absolute atomic E-state index is 0.297. The molecule has 0 bridgehead atoms. The van der Waals surface area contributed by atoms with Crippen molar-refractivity contribution in [3.05, 3.63) is 59.0 Å². The fourth-order valence-corrected chi connectivity index (χ4v) is 5.13. The summed E-state index contributed by atoms with van der Waals surface area (Å²) in [5.41, 5.74) is 1.36. The first-order chi connectivity index (χ1) is 13.5. The predicted molar refractivity (Wildman–Crippen MR) is 102 cm³/mol. The van der Waals surface area contributed by atoms with Gasteiger partial charge in [0.15, 0.2) is 6.04 Å². The van der Waals surface area contributed by atoms with Crippen LogP contribution in [0.5, 0.6) is 0 Å². The lowest BCUT2D eigenvalue weighted by Crippen LogP contribution is -2.74. The van der Waals surface area contributed by atoms with Gasteiger partial charge in [0, 0.05) is 0 Å². The van der Waals surface area contributed by atoms with Gasteiger partial charge in [-0.3, -0.25) is 19.3 Å². The molecular weight excluding hydrogens is 380 g/mol. The normalized spacial score (nSPS) is 25.7. The van der Waals surface area contributed by atoms with E-state index in [-0.39, 0.29) is 0 Å². The largest absolute Gasteiger partial charge is 0.467 e. The lowest BCUT2D eigenvalue weighted by Gasteiger charge is -2.53. The van der Waals surface area contributed by atoms with Crippen molar-refractivity contribution in [2.45, 2.75) is 30.3 Å². The molecule has 1 aromatic rings. The van der Waals surface area contributed by atoms with E-state index in [9.17, 15) is 19.2 Å². The zero-order chi connectivity index (χ0) is 20.0. The van der Waals surface area contributed by atoms with Gasteiger partial charge in [-0.05, 0) is 36.0 Å². The number of esters is 1. The summed E-state index contributed by atoms with van der Waals surface area (Å²) >= 11 is 1.34. The Kier molecular flexibility index (Phi) is 4.58. The van der Waals surface area contributed by atoms with Gasteiger partial charge < -0.3 is 9.64 Å². The summed E-state index contributed by atoms with van der Waals surface area (Å²) in [6, 6.07) is 4.75. The molecule has 3 heterocycles. The third kappa shape index (κ3) is 2.51. The van der Waals surface area contributed by atoms with Gasteiger partial charge in [-0.1, -0.05) is 18.2 Å². The van der Waals surface area contributed by atoms with E-state index in [1.54, 1.807) is 30.3 Å². The van der Waals surface area contributed by atoms with Crippen molar-refractivity contribution in [1.29, 1.82) is 0 Å². The number of nitrogens with zero attached hydrogens (tertiary/aromatic N) is 2. The van der Waals surface area contributed by atoms with Crippen LogP contribution in [0.4, 0.5) is 0 Å². The number of ether oxygens (including phenoxy) is 1. The predicted octanol–water partition coefficient (Wildman–Crippen LogP) is 1.96. The highest BCUT2D eigenvalue weighted by Crippen LogP contribution is 2.45. The Morgan fingerprint density at radius 3 is 2.43 bits per heavy atom. The second kappa shape index (κ2) is 6.94. The zero-order valence-corrected chi connectivity index (χ0v) is 16.0. The minimum atomic E-state index is -0.929. The van der Waals surface area contributed by atoms with E-state index >= 15 is 0 Å². The maximum atomic E-state index is 13.0. The summed E-state index contributed by atoms with van der Waals surface area (Å²) in [6.07, 6.45) is 2.98. The number of amides is 3. The fraction of sp³-hybridized carbons (Fsp3) is 0.300. The number of carbonyl (C=O) groups excluding carboxylic acids is 4. The number of thioether (sulfide) groups is 1. The number of β-lactam (4-membered cyclic amide) rings is 1. The van der Waals surface area contributed by atoms with E-state index in [0.29, 0.717) is 24.0 Å². The third-order valence-electron chi connectivity index (χ3n) is 5.21. The van der Waals surface area contributed by atoms with E-state index in [1.807, 2.05) is 5.41 Å². The van der Waals surface area contributed by atoms with Crippen LogP contribution in [0.1, 0.15) is 33.6 Å². The van der Waals surface area contributed by atoms with Crippen LogP contribution in [0.3, 0.4) is 0 Å². The van der Waals surface area contributed by atoms with E-state index in [0.717, 1.165) is 10.5 Å². The summed E-state index contributed by atoms with van der Waals surface area (Å²) < 4.78 is 4.90. The van der Waals surface area contributed by atoms with Gasteiger partial charge in [0.2, 0.25) is 0 Å². The zero-order valence-electron chi connectivity index (χ0n) is 15.2. The maximum absolute atomic E-state index is 13.0. The molecule has 1 aromatic carbocycles. The molecule has 28 heavy (non-hydrogen) atoms. The number of benzene rings is 1. The van der Waals surface area contributed by atoms with Gasteiger partial charge in [0.1, 0.15) is 11.4 Å². The van der Waals surface area contributed by atoms with E-state index in [4.69, 9.17) is 4.74 Å². The molecule has 0 aromatic heterocycles. The van der Waals surface area contributed by atoms with Crippen molar-refractivity contribution in [2.24, 2.45) is 0 Å². The monoisotopic (exact) mass is 398 g/mol. The fourth-order valence-electron chi connectivity index (χ4n) is 3.82. The molecule has 1 fully saturated rings. The highest BCUT2D eigenvalue weighted by atomic mass is 32.2. The highest BCUT2D eigenvalue weighted by Gasteiger charge is 2.61. The van der Waals surface area contributed by atoms with Crippen molar-refractivity contribution in [3.63, 3.8) is 0 Å². The lowest BCUT2D eigenvalue weighted by atomic mass is 9.94. The van der Waals surface area contributed by atoms with Crippen LogP contribution in [0.15, 0.2) is 47.9 Å². The Balaban J connectivity index is 1.65. The smallest absolute Gasteiger partial charge is 0.333 e. The third-order valence-corrected chi connectivity index (χ3v) is 6.41. The summed E-state index contributed by atoms with van der Waals surface area (Å²) in [5, 5.41) is 1.33. The number of rotatable bonds is 5. The number of fused-ring (bicyclic) bond motifs is 2. The van der Waals surface area contributed by atoms with Crippen LogP contribution < -0.4 is 0 Å². The van der Waals surface area contributed by atoms with Gasteiger partial charge in [-0.15, -0.1) is 18.3 Å². The summed E-state index contributed by atoms with van der Waals surface area (Å²) in [6.45, 7) is 3.69. The molecule has 0 saturated carbocycles.